The molecule has 1 aromatic carbocycles. The van der Waals surface area contributed by atoms with E-state index in [9.17, 15) is 4.79 Å². The topological polar surface area (TPSA) is 58.8 Å². The Morgan fingerprint density at radius 3 is 2.58 bits per heavy atom. The first-order valence-corrected chi connectivity index (χ1v) is 6.50. The first-order chi connectivity index (χ1) is 9.10. The zero-order valence-corrected chi connectivity index (χ0v) is 11.6. The van der Waals surface area contributed by atoms with E-state index in [-0.39, 0.29) is 5.91 Å². The number of anilines is 1. The van der Waals surface area contributed by atoms with Crippen molar-refractivity contribution in [3.05, 3.63) is 23.8 Å². The van der Waals surface area contributed by atoms with Crippen LogP contribution in [0, 0.1) is 0 Å². The number of amides is 1. The Labute approximate surface area is 113 Å². The molecule has 0 bridgehead atoms. The highest BCUT2D eigenvalue weighted by molar-refractivity contribution is 5.73. The number of hydrogen-bond acceptors (Lipinski definition) is 4. The Morgan fingerprint density at radius 2 is 2.00 bits per heavy atom. The van der Waals surface area contributed by atoms with Gasteiger partial charge < -0.3 is 15.4 Å². The molecule has 104 valence electrons. The third-order valence-corrected chi connectivity index (χ3v) is 3.52. The molecule has 0 aliphatic carbocycles. The van der Waals surface area contributed by atoms with E-state index in [1.165, 1.54) is 0 Å². The molecule has 0 saturated carbocycles. The standard InChI is InChI=1S/C14H21N3O2/c1-11(18)17-7-5-16(6-8-17)10-12-9-13(15)3-4-14(12)19-2/h3-4,9H,5-8,10,15H2,1-2H3. The van der Waals surface area contributed by atoms with Gasteiger partial charge in [0.25, 0.3) is 0 Å². The molecule has 2 rings (SSSR count). The van der Waals surface area contributed by atoms with Crippen LogP contribution in [-0.4, -0.2) is 49.0 Å². The van der Waals surface area contributed by atoms with E-state index in [1.807, 2.05) is 23.1 Å². The number of hydrogen-bond donors (Lipinski definition) is 1. The van der Waals surface area contributed by atoms with Gasteiger partial charge in [-0.25, -0.2) is 0 Å². The summed E-state index contributed by atoms with van der Waals surface area (Å²) in [7, 11) is 1.67. The van der Waals surface area contributed by atoms with Gasteiger partial charge in [0.15, 0.2) is 0 Å². The van der Waals surface area contributed by atoms with Gasteiger partial charge in [0, 0.05) is 50.9 Å². The minimum Gasteiger partial charge on any atom is -0.496 e. The van der Waals surface area contributed by atoms with Crippen molar-refractivity contribution in [2.75, 3.05) is 39.0 Å². The molecule has 1 aromatic rings. The van der Waals surface area contributed by atoms with E-state index in [0.717, 1.165) is 49.7 Å². The minimum atomic E-state index is 0.154. The number of carbonyl (C=O) groups excluding carboxylic acids is 1. The summed E-state index contributed by atoms with van der Waals surface area (Å²) in [5, 5.41) is 0. The highest BCUT2D eigenvalue weighted by atomic mass is 16.5. The van der Waals surface area contributed by atoms with E-state index < -0.39 is 0 Å². The quantitative estimate of drug-likeness (QED) is 0.825. The Bertz CT molecular complexity index is 454. The van der Waals surface area contributed by atoms with Crippen LogP contribution in [0.15, 0.2) is 18.2 Å². The lowest BCUT2D eigenvalue weighted by Crippen LogP contribution is -2.47. The lowest BCUT2D eigenvalue weighted by molar-refractivity contribution is -0.130. The van der Waals surface area contributed by atoms with Crippen molar-refractivity contribution in [2.45, 2.75) is 13.5 Å². The molecule has 1 saturated heterocycles. The predicted octanol–water partition coefficient (Wildman–Crippen LogP) is 0.941. The van der Waals surface area contributed by atoms with Gasteiger partial charge in [-0.2, -0.15) is 0 Å². The van der Waals surface area contributed by atoms with Crippen LogP contribution in [0.4, 0.5) is 5.69 Å². The predicted molar refractivity (Wildman–Crippen MR) is 74.9 cm³/mol. The molecule has 0 radical (unpaired) electrons. The van der Waals surface area contributed by atoms with E-state index in [2.05, 4.69) is 4.90 Å². The second-order valence-corrected chi connectivity index (χ2v) is 4.85. The van der Waals surface area contributed by atoms with Gasteiger partial charge in [0.1, 0.15) is 5.75 Å². The molecule has 5 heteroatoms. The first kappa shape index (κ1) is 13.7. The maximum atomic E-state index is 11.3. The number of nitrogens with two attached hydrogens (primary N) is 1. The van der Waals surface area contributed by atoms with Crippen LogP contribution in [0.25, 0.3) is 0 Å². The van der Waals surface area contributed by atoms with Crippen LogP contribution in [0.5, 0.6) is 5.75 Å². The second-order valence-electron chi connectivity index (χ2n) is 4.85. The molecule has 1 aliphatic heterocycles. The maximum Gasteiger partial charge on any atom is 0.219 e. The van der Waals surface area contributed by atoms with Crippen molar-refractivity contribution in [1.82, 2.24) is 9.80 Å². The summed E-state index contributed by atoms with van der Waals surface area (Å²) in [5.41, 5.74) is 7.67. The average molecular weight is 263 g/mol. The third-order valence-electron chi connectivity index (χ3n) is 3.52. The van der Waals surface area contributed by atoms with Crippen molar-refractivity contribution < 1.29 is 9.53 Å². The molecule has 1 heterocycles. The smallest absolute Gasteiger partial charge is 0.219 e. The van der Waals surface area contributed by atoms with Crippen molar-refractivity contribution in [2.24, 2.45) is 0 Å². The molecule has 1 amide bonds. The van der Waals surface area contributed by atoms with Crippen LogP contribution < -0.4 is 10.5 Å². The molecular formula is C14H21N3O2. The van der Waals surface area contributed by atoms with E-state index >= 15 is 0 Å². The van der Waals surface area contributed by atoms with Crippen LogP contribution in [0.2, 0.25) is 0 Å². The van der Waals surface area contributed by atoms with Gasteiger partial charge in [0.05, 0.1) is 7.11 Å². The van der Waals surface area contributed by atoms with Crippen molar-refractivity contribution in [1.29, 1.82) is 0 Å². The summed E-state index contributed by atoms with van der Waals surface area (Å²) in [6, 6.07) is 5.70. The number of rotatable bonds is 3. The molecule has 0 atom stereocenters. The molecule has 0 unspecified atom stereocenters. The number of nitrogen functional groups attached to an aromatic ring is 1. The number of benzene rings is 1. The summed E-state index contributed by atoms with van der Waals surface area (Å²) in [6.07, 6.45) is 0. The number of methoxy groups -OCH3 is 1. The summed E-state index contributed by atoms with van der Waals surface area (Å²) >= 11 is 0. The molecule has 0 spiro atoms. The fraction of sp³-hybridized carbons (Fsp3) is 0.500. The number of ether oxygens (including phenoxy) is 1. The Morgan fingerprint density at radius 1 is 1.32 bits per heavy atom. The lowest BCUT2D eigenvalue weighted by Gasteiger charge is -2.34. The Kier molecular flexibility index (Phi) is 4.27. The van der Waals surface area contributed by atoms with Crippen molar-refractivity contribution >= 4 is 11.6 Å². The van der Waals surface area contributed by atoms with Gasteiger partial charge in [-0.05, 0) is 18.2 Å². The highest BCUT2D eigenvalue weighted by Crippen LogP contribution is 2.23. The van der Waals surface area contributed by atoms with E-state index in [1.54, 1.807) is 14.0 Å². The van der Waals surface area contributed by atoms with Gasteiger partial charge in [-0.3, -0.25) is 9.69 Å². The van der Waals surface area contributed by atoms with Crippen LogP contribution >= 0.6 is 0 Å². The number of piperazine rings is 1. The second kappa shape index (κ2) is 5.93. The first-order valence-electron chi connectivity index (χ1n) is 6.50. The summed E-state index contributed by atoms with van der Waals surface area (Å²) in [6.45, 7) is 5.78. The van der Waals surface area contributed by atoms with Gasteiger partial charge in [-0.1, -0.05) is 0 Å². The number of carbonyl (C=O) groups is 1. The van der Waals surface area contributed by atoms with E-state index in [0.29, 0.717) is 0 Å². The van der Waals surface area contributed by atoms with Crippen molar-refractivity contribution in [3.63, 3.8) is 0 Å². The molecule has 5 nitrogen and oxygen atoms in total. The molecule has 0 aromatic heterocycles. The summed E-state index contributed by atoms with van der Waals surface area (Å²) in [5.74, 6) is 1.02. The lowest BCUT2D eigenvalue weighted by atomic mass is 10.1. The Balaban J connectivity index is 1.99. The fourth-order valence-electron chi connectivity index (χ4n) is 2.38. The van der Waals surface area contributed by atoms with Gasteiger partial charge in [0.2, 0.25) is 5.91 Å². The minimum absolute atomic E-state index is 0.154. The van der Waals surface area contributed by atoms with Gasteiger partial charge >= 0.3 is 0 Å². The third kappa shape index (κ3) is 3.38. The molecule has 1 aliphatic rings. The Hall–Kier alpha value is -1.75. The average Bonchev–Trinajstić information content (AvgIpc) is 2.39. The monoisotopic (exact) mass is 263 g/mol. The molecule has 19 heavy (non-hydrogen) atoms. The fourth-order valence-corrected chi connectivity index (χ4v) is 2.38. The SMILES string of the molecule is COc1ccc(N)cc1CN1CCN(C(C)=O)CC1. The highest BCUT2D eigenvalue weighted by Gasteiger charge is 2.19. The van der Waals surface area contributed by atoms with Crippen LogP contribution in [0.1, 0.15) is 12.5 Å². The molecular weight excluding hydrogens is 242 g/mol. The number of nitrogens with zero attached hydrogens (tertiary/aromatic N) is 2. The summed E-state index contributed by atoms with van der Waals surface area (Å²) in [4.78, 5) is 15.5. The maximum absolute atomic E-state index is 11.3. The van der Waals surface area contributed by atoms with Gasteiger partial charge in [-0.15, -0.1) is 0 Å². The van der Waals surface area contributed by atoms with Crippen molar-refractivity contribution in [3.8, 4) is 5.75 Å². The zero-order valence-electron chi connectivity index (χ0n) is 11.6. The molecule has 2 N–H and O–H groups in total. The summed E-state index contributed by atoms with van der Waals surface area (Å²) < 4.78 is 5.35. The van der Waals surface area contributed by atoms with Crippen LogP contribution in [-0.2, 0) is 11.3 Å². The normalized spacial score (nSPS) is 16.4. The van der Waals surface area contributed by atoms with E-state index in [4.69, 9.17) is 10.5 Å². The largest absolute Gasteiger partial charge is 0.496 e. The zero-order chi connectivity index (χ0) is 13.8. The molecule has 1 fully saturated rings. The van der Waals surface area contributed by atoms with Crippen LogP contribution in [0.3, 0.4) is 0 Å².